The lowest BCUT2D eigenvalue weighted by molar-refractivity contribution is -0.173. The lowest BCUT2D eigenvalue weighted by Gasteiger charge is -2.32. The second-order valence-corrected chi connectivity index (χ2v) is 8.30. The number of nitrogens with zero attached hydrogens (tertiary/aromatic N) is 8. The highest BCUT2D eigenvalue weighted by Gasteiger charge is 2.47. The summed E-state index contributed by atoms with van der Waals surface area (Å²) < 4.78 is 45.6. The molecule has 0 aliphatic carbocycles. The number of nitrogens with one attached hydrogen (secondary N) is 1. The third-order valence-corrected chi connectivity index (χ3v) is 6.36. The average Bonchev–Trinajstić information content (AvgIpc) is 3.50. The van der Waals surface area contributed by atoms with E-state index in [0.29, 0.717) is 16.7 Å². The van der Waals surface area contributed by atoms with Crippen molar-refractivity contribution in [3.8, 4) is 11.5 Å². The van der Waals surface area contributed by atoms with Crippen molar-refractivity contribution in [2.24, 2.45) is 7.05 Å². The molecule has 0 amide bonds. The fourth-order valence-corrected chi connectivity index (χ4v) is 4.70. The van der Waals surface area contributed by atoms with Crippen LogP contribution < -0.4 is 5.32 Å². The Morgan fingerprint density at radius 2 is 2.10 bits per heavy atom. The molecule has 0 saturated heterocycles. The molecule has 1 N–H and O–H groups in total. The van der Waals surface area contributed by atoms with Gasteiger partial charge in [-0.2, -0.15) is 23.4 Å². The summed E-state index contributed by atoms with van der Waals surface area (Å²) in [5.74, 6) is 0.501. The molecule has 2 atom stereocenters. The molecule has 0 aromatic carbocycles. The topological polar surface area (TPSA) is 90.8 Å². The molecule has 0 unspecified atom stereocenters. The summed E-state index contributed by atoms with van der Waals surface area (Å²) in [7, 11) is 1.76. The molecular formula is C18H14F3N9S. The molecule has 13 heteroatoms. The SMILES string of the molecule is Cn1ncc2c1ncn1nc(-c3cc4n(n3)[C@@H](C(F)(F)F)C[C@H](c3cccs3)N4)nc21. The predicted molar refractivity (Wildman–Crippen MR) is 107 cm³/mol. The molecule has 5 aromatic rings. The van der Waals surface area contributed by atoms with Crippen molar-refractivity contribution in [3.05, 3.63) is 41.0 Å². The molecule has 9 nitrogen and oxygen atoms in total. The molecule has 6 rings (SSSR count). The summed E-state index contributed by atoms with van der Waals surface area (Å²) in [5.41, 5.74) is 1.40. The van der Waals surface area contributed by atoms with Crippen LogP contribution in [0.25, 0.3) is 28.2 Å². The van der Waals surface area contributed by atoms with Crippen LogP contribution in [-0.4, -0.2) is 45.3 Å². The molecule has 158 valence electrons. The molecule has 1 aliphatic rings. The van der Waals surface area contributed by atoms with E-state index in [1.165, 1.54) is 22.2 Å². The lowest BCUT2D eigenvalue weighted by Crippen LogP contribution is -2.35. The highest BCUT2D eigenvalue weighted by molar-refractivity contribution is 7.10. The Labute approximate surface area is 176 Å². The second kappa shape index (κ2) is 6.26. The maximum absolute atomic E-state index is 13.9. The number of hydrogen-bond donors (Lipinski definition) is 1. The minimum atomic E-state index is -4.44. The monoisotopic (exact) mass is 445 g/mol. The van der Waals surface area contributed by atoms with Gasteiger partial charge in [0.15, 0.2) is 17.3 Å². The van der Waals surface area contributed by atoms with Gasteiger partial charge in [-0.05, 0) is 11.4 Å². The molecule has 0 bridgehead atoms. The standard InChI is InChI=1S/C18H14F3N9S/c1-28-16-9(7-23-28)17-25-15(27-29(17)8-22-16)11-6-14-24-10(12-3-2-4-31-12)5-13(18(19,20)21)30(14)26-11/h2-4,6-8,10,13,24H,5H2,1H3/t10-,13-/m1/s1. The number of aromatic nitrogens is 8. The molecule has 0 spiro atoms. The summed E-state index contributed by atoms with van der Waals surface area (Å²) in [6.45, 7) is 0. The van der Waals surface area contributed by atoms with Crippen LogP contribution in [0.5, 0.6) is 0 Å². The van der Waals surface area contributed by atoms with E-state index >= 15 is 0 Å². The van der Waals surface area contributed by atoms with Gasteiger partial charge in [0.05, 0.1) is 17.6 Å². The molecule has 0 saturated carbocycles. The van der Waals surface area contributed by atoms with Gasteiger partial charge in [0.25, 0.3) is 0 Å². The van der Waals surface area contributed by atoms with Crippen molar-refractivity contribution >= 4 is 33.8 Å². The highest BCUT2D eigenvalue weighted by Crippen LogP contribution is 2.45. The van der Waals surface area contributed by atoms with Gasteiger partial charge in [0.1, 0.15) is 17.8 Å². The number of alkyl halides is 3. The quantitative estimate of drug-likeness (QED) is 0.447. The van der Waals surface area contributed by atoms with E-state index in [0.717, 1.165) is 9.56 Å². The zero-order chi connectivity index (χ0) is 21.3. The molecule has 0 fully saturated rings. The Hall–Kier alpha value is -3.48. The Morgan fingerprint density at radius 3 is 2.87 bits per heavy atom. The summed E-state index contributed by atoms with van der Waals surface area (Å²) in [5, 5.41) is 18.5. The van der Waals surface area contributed by atoms with Gasteiger partial charge in [0.2, 0.25) is 5.82 Å². The first-order chi connectivity index (χ1) is 14.9. The van der Waals surface area contributed by atoms with Crippen LogP contribution in [0.4, 0.5) is 19.0 Å². The van der Waals surface area contributed by atoms with E-state index < -0.39 is 18.3 Å². The number of hydrogen-bond acceptors (Lipinski definition) is 7. The lowest BCUT2D eigenvalue weighted by atomic mass is 10.0. The van der Waals surface area contributed by atoms with Gasteiger partial charge in [0, 0.05) is 24.4 Å². The van der Waals surface area contributed by atoms with Crippen molar-refractivity contribution in [3.63, 3.8) is 0 Å². The van der Waals surface area contributed by atoms with Gasteiger partial charge in [-0.25, -0.2) is 19.2 Å². The third kappa shape index (κ3) is 2.80. The van der Waals surface area contributed by atoms with Crippen LogP contribution in [0.1, 0.15) is 23.4 Å². The van der Waals surface area contributed by atoms with Crippen molar-refractivity contribution < 1.29 is 13.2 Å². The Kier molecular flexibility index (Phi) is 3.70. The van der Waals surface area contributed by atoms with Gasteiger partial charge >= 0.3 is 6.18 Å². The zero-order valence-corrected chi connectivity index (χ0v) is 16.8. The normalized spacial score (nSPS) is 19.1. The summed E-state index contributed by atoms with van der Waals surface area (Å²) in [4.78, 5) is 9.65. The molecule has 0 radical (unpaired) electrons. The Bertz CT molecular complexity index is 1410. The first kappa shape index (κ1) is 18.3. The number of fused-ring (bicyclic) bond motifs is 4. The van der Waals surface area contributed by atoms with Crippen molar-refractivity contribution in [1.29, 1.82) is 0 Å². The summed E-state index contributed by atoms with van der Waals surface area (Å²) in [6, 6.07) is 3.03. The highest BCUT2D eigenvalue weighted by atomic mass is 32.1. The second-order valence-electron chi connectivity index (χ2n) is 7.32. The van der Waals surface area contributed by atoms with E-state index in [1.807, 2.05) is 17.5 Å². The van der Waals surface area contributed by atoms with Crippen LogP contribution in [-0.2, 0) is 7.05 Å². The maximum atomic E-state index is 13.9. The van der Waals surface area contributed by atoms with E-state index in [2.05, 4.69) is 30.6 Å². The van der Waals surface area contributed by atoms with Crippen molar-refractivity contribution in [2.45, 2.75) is 24.7 Å². The third-order valence-electron chi connectivity index (χ3n) is 5.37. The van der Waals surface area contributed by atoms with Crippen LogP contribution in [0.2, 0.25) is 0 Å². The molecule has 1 aliphatic heterocycles. The first-order valence-corrected chi connectivity index (χ1v) is 10.3. The fraction of sp³-hybridized carbons (Fsp3) is 0.278. The van der Waals surface area contributed by atoms with Gasteiger partial charge in [-0.3, -0.25) is 4.68 Å². The van der Waals surface area contributed by atoms with E-state index in [9.17, 15) is 13.2 Å². The van der Waals surface area contributed by atoms with Crippen LogP contribution in [0.3, 0.4) is 0 Å². The summed E-state index contributed by atoms with van der Waals surface area (Å²) in [6.07, 6.45) is -1.46. The Balaban J connectivity index is 1.46. The van der Waals surface area contributed by atoms with E-state index in [-0.39, 0.29) is 23.8 Å². The number of rotatable bonds is 2. The number of aryl methyl sites for hydroxylation is 1. The van der Waals surface area contributed by atoms with E-state index in [1.54, 1.807) is 24.0 Å². The molecule has 31 heavy (non-hydrogen) atoms. The smallest absolute Gasteiger partial charge is 0.363 e. The van der Waals surface area contributed by atoms with Crippen molar-refractivity contribution in [1.82, 2.24) is 39.1 Å². The largest absolute Gasteiger partial charge is 0.410 e. The molecule has 5 aromatic heterocycles. The minimum Gasteiger partial charge on any atom is -0.363 e. The zero-order valence-electron chi connectivity index (χ0n) is 15.9. The minimum absolute atomic E-state index is 0.142. The van der Waals surface area contributed by atoms with Crippen LogP contribution in [0, 0.1) is 0 Å². The van der Waals surface area contributed by atoms with Gasteiger partial charge in [-0.1, -0.05) is 6.07 Å². The van der Waals surface area contributed by atoms with E-state index in [4.69, 9.17) is 0 Å². The number of halogens is 3. The number of anilines is 1. The van der Waals surface area contributed by atoms with Crippen molar-refractivity contribution in [2.75, 3.05) is 5.32 Å². The average molecular weight is 445 g/mol. The molecule has 6 heterocycles. The summed E-state index contributed by atoms with van der Waals surface area (Å²) >= 11 is 1.42. The van der Waals surface area contributed by atoms with Crippen LogP contribution >= 0.6 is 11.3 Å². The van der Waals surface area contributed by atoms with Gasteiger partial charge in [-0.15, -0.1) is 16.4 Å². The first-order valence-electron chi connectivity index (χ1n) is 9.38. The maximum Gasteiger partial charge on any atom is 0.410 e. The number of thiophene rings is 1. The van der Waals surface area contributed by atoms with Crippen LogP contribution in [0.15, 0.2) is 36.1 Å². The Morgan fingerprint density at radius 1 is 1.23 bits per heavy atom. The fourth-order valence-electron chi connectivity index (χ4n) is 3.91. The molecular weight excluding hydrogens is 431 g/mol. The predicted octanol–water partition coefficient (Wildman–Crippen LogP) is 3.60. The van der Waals surface area contributed by atoms with Gasteiger partial charge < -0.3 is 5.32 Å².